The molecule has 2 aliphatic rings. The molecule has 0 unspecified atom stereocenters. The molecule has 0 aromatic heterocycles. The number of hydrogen-bond acceptors (Lipinski definition) is 7. The first-order valence-electron chi connectivity index (χ1n) is 9.13. The van der Waals surface area contributed by atoms with E-state index >= 15 is 0 Å². The zero-order valence-electron chi connectivity index (χ0n) is 16.2. The van der Waals surface area contributed by atoms with Gasteiger partial charge in [-0.25, -0.2) is 0 Å². The molecule has 7 nitrogen and oxygen atoms in total. The standard InChI is InChI=1S/C21H23NO6/c1-22-7-6-13-9-18-20(28-11-27-18)21(26-3)19(13)14(22)10-16(24)12-4-5-15(23)17(8-12)25-2/h4-5,8-9,14,23H,6-7,10-11H2,1-3H3/t14-/m1/s1. The molecule has 0 saturated heterocycles. The van der Waals surface area contributed by atoms with Crippen LogP contribution in [0.1, 0.15) is 33.9 Å². The number of rotatable bonds is 5. The Kier molecular flexibility index (Phi) is 4.77. The summed E-state index contributed by atoms with van der Waals surface area (Å²) in [6.07, 6.45) is 1.12. The molecule has 148 valence electrons. The van der Waals surface area contributed by atoms with Gasteiger partial charge in [-0.15, -0.1) is 0 Å². The van der Waals surface area contributed by atoms with E-state index in [0.29, 0.717) is 22.8 Å². The second-order valence-corrected chi connectivity index (χ2v) is 6.98. The van der Waals surface area contributed by atoms with Crippen LogP contribution in [0.4, 0.5) is 0 Å². The number of phenols is 1. The number of ether oxygens (including phenoxy) is 4. The smallest absolute Gasteiger partial charge is 0.231 e. The van der Waals surface area contributed by atoms with Crippen molar-refractivity contribution in [3.05, 3.63) is 41.0 Å². The number of methoxy groups -OCH3 is 2. The summed E-state index contributed by atoms with van der Waals surface area (Å²) in [7, 11) is 5.07. The van der Waals surface area contributed by atoms with Crippen molar-refractivity contribution in [2.24, 2.45) is 0 Å². The summed E-state index contributed by atoms with van der Waals surface area (Å²) in [4.78, 5) is 15.2. The minimum Gasteiger partial charge on any atom is -0.504 e. The van der Waals surface area contributed by atoms with E-state index < -0.39 is 0 Å². The van der Waals surface area contributed by atoms with Crippen LogP contribution >= 0.6 is 0 Å². The largest absolute Gasteiger partial charge is 0.504 e. The van der Waals surface area contributed by atoms with E-state index in [-0.39, 0.29) is 36.5 Å². The van der Waals surface area contributed by atoms with Crippen molar-refractivity contribution in [2.45, 2.75) is 18.9 Å². The van der Waals surface area contributed by atoms with Crippen LogP contribution in [0.15, 0.2) is 24.3 Å². The van der Waals surface area contributed by atoms with Crippen molar-refractivity contribution in [3.63, 3.8) is 0 Å². The van der Waals surface area contributed by atoms with Crippen molar-refractivity contribution in [1.82, 2.24) is 4.90 Å². The van der Waals surface area contributed by atoms with E-state index in [4.69, 9.17) is 18.9 Å². The van der Waals surface area contributed by atoms with Crippen molar-refractivity contribution in [3.8, 4) is 28.7 Å². The minimum absolute atomic E-state index is 0.00793. The Balaban J connectivity index is 1.70. The molecule has 0 bridgehead atoms. The number of phenolic OH excluding ortho intramolecular Hbond substituents is 1. The highest BCUT2D eigenvalue weighted by atomic mass is 16.7. The van der Waals surface area contributed by atoms with Gasteiger partial charge in [0.2, 0.25) is 12.5 Å². The monoisotopic (exact) mass is 385 g/mol. The first-order valence-corrected chi connectivity index (χ1v) is 9.13. The van der Waals surface area contributed by atoms with E-state index in [9.17, 15) is 9.90 Å². The van der Waals surface area contributed by atoms with Gasteiger partial charge in [0.1, 0.15) is 0 Å². The van der Waals surface area contributed by atoms with Gasteiger partial charge in [0.05, 0.1) is 14.2 Å². The van der Waals surface area contributed by atoms with Gasteiger partial charge in [0, 0.05) is 30.1 Å². The fraction of sp³-hybridized carbons (Fsp3) is 0.381. The predicted molar refractivity (Wildman–Crippen MR) is 102 cm³/mol. The van der Waals surface area contributed by atoms with Gasteiger partial charge in [-0.1, -0.05) is 0 Å². The van der Waals surface area contributed by atoms with E-state index in [2.05, 4.69) is 4.90 Å². The molecule has 0 saturated carbocycles. The summed E-state index contributed by atoms with van der Waals surface area (Å²) in [5.74, 6) is 2.17. The second kappa shape index (κ2) is 7.24. The molecule has 1 atom stereocenters. The van der Waals surface area contributed by atoms with E-state index in [1.165, 1.54) is 13.2 Å². The summed E-state index contributed by atoms with van der Waals surface area (Å²) in [6, 6.07) is 6.50. The third-order valence-electron chi connectivity index (χ3n) is 5.43. The summed E-state index contributed by atoms with van der Waals surface area (Å²) in [5.41, 5.74) is 2.58. The number of benzene rings is 2. The van der Waals surface area contributed by atoms with Gasteiger partial charge < -0.3 is 24.1 Å². The Morgan fingerprint density at radius 1 is 1.25 bits per heavy atom. The number of ketones is 1. The summed E-state index contributed by atoms with van der Waals surface area (Å²) < 4.78 is 21.9. The van der Waals surface area contributed by atoms with Crippen LogP contribution in [0, 0.1) is 0 Å². The number of likely N-dealkylation sites (N-methyl/N-ethyl adjacent to an activating group) is 1. The molecule has 2 aromatic rings. The fourth-order valence-electron chi connectivity index (χ4n) is 3.93. The Morgan fingerprint density at radius 2 is 2.07 bits per heavy atom. The first-order chi connectivity index (χ1) is 13.5. The van der Waals surface area contributed by atoms with Crippen LogP contribution in [0.5, 0.6) is 28.7 Å². The maximum Gasteiger partial charge on any atom is 0.231 e. The van der Waals surface area contributed by atoms with Crippen molar-refractivity contribution in [2.75, 3.05) is 34.6 Å². The molecule has 0 fully saturated rings. The zero-order chi connectivity index (χ0) is 19.8. The van der Waals surface area contributed by atoms with Crippen molar-refractivity contribution < 1.29 is 28.8 Å². The number of fused-ring (bicyclic) bond motifs is 2. The molecule has 1 N–H and O–H groups in total. The SMILES string of the molecule is COc1cc(C(=O)C[C@@H]2c3c(cc4c(c3OC)OCO4)CCN2C)ccc1O. The Morgan fingerprint density at radius 3 is 2.82 bits per heavy atom. The van der Waals surface area contributed by atoms with Crippen LogP contribution in [-0.4, -0.2) is 50.4 Å². The van der Waals surface area contributed by atoms with Crippen LogP contribution in [0.25, 0.3) is 0 Å². The molecule has 2 aliphatic heterocycles. The highest BCUT2D eigenvalue weighted by molar-refractivity contribution is 5.97. The number of nitrogens with zero attached hydrogens (tertiary/aromatic N) is 1. The lowest BCUT2D eigenvalue weighted by Gasteiger charge is -2.35. The van der Waals surface area contributed by atoms with Crippen LogP contribution in [0.2, 0.25) is 0 Å². The average Bonchev–Trinajstić information content (AvgIpc) is 3.17. The van der Waals surface area contributed by atoms with Gasteiger partial charge in [0.15, 0.2) is 28.8 Å². The van der Waals surface area contributed by atoms with E-state index in [1.54, 1.807) is 19.2 Å². The lowest BCUT2D eigenvalue weighted by atomic mass is 9.87. The summed E-state index contributed by atoms with van der Waals surface area (Å²) >= 11 is 0. The van der Waals surface area contributed by atoms with Gasteiger partial charge in [0.25, 0.3) is 0 Å². The molecule has 2 heterocycles. The van der Waals surface area contributed by atoms with Crippen LogP contribution in [-0.2, 0) is 6.42 Å². The minimum atomic E-state index is -0.152. The molecule has 7 heteroatoms. The molecule has 4 rings (SSSR count). The highest BCUT2D eigenvalue weighted by Crippen LogP contribution is 2.50. The van der Waals surface area contributed by atoms with Gasteiger partial charge >= 0.3 is 0 Å². The second-order valence-electron chi connectivity index (χ2n) is 6.98. The Hall–Kier alpha value is -2.93. The molecular formula is C21H23NO6. The lowest BCUT2D eigenvalue weighted by molar-refractivity contribution is 0.0925. The summed E-state index contributed by atoms with van der Waals surface area (Å²) in [5, 5.41) is 9.78. The Bertz CT molecular complexity index is 926. The van der Waals surface area contributed by atoms with Gasteiger partial charge in [-0.05, 0) is 43.3 Å². The summed E-state index contributed by atoms with van der Waals surface area (Å²) in [6.45, 7) is 0.994. The third kappa shape index (κ3) is 3.01. The molecular weight excluding hydrogens is 362 g/mol. The normalized spacial score (nSPS) is 17.9. The zero-order valence-corrected chi connectivity index (χ0v) is 16.2. The number of hydrogen-bond donors (Lipinski definition) is 1. The van der Waals surface area contributed by atoms with Gasteiger partial charge in [-0.3, -0.25) is 9.69 Å². The topological polar surface area (TPSA) is 77.5 Å². The average molecular weight is 385 g/mol. The van der Waals surface area contributed by atoms with Crippen LogP contribution < -0.4 is 18.9 Å². The van der Waals surface area contributed by atoms with Crippen LogP contribution in [0.3, 0.4) is 0 Å². The molecule has 0 spiro atoms. The number of carbonyl (C=O) groups is 1. The number of aromatic hydroxyl groups is 1. The first kappa shape index (κ1) is 18.4. The third-order valence-corrected chi connectivity index (χ3v) is 5.43. The molecule has 2 aromatic carbocycles. The van der Waals surface area contributed by atoms with Gasteiger partial charge in [-0.2, -0.15) is 0 Å². The number of carbonyl (C=O) groups excluding carboxylic acids is 1. The fourth-order valence-corrected chi connectivity index (χ4v) is 3.93. The molecule has 0 aliphatic carbocycles. The lowest BCUT2D eigenvalue weighted by Crippen LogP contribution is -2.34. The highest BCUT2D eigenvalue weighted by Gasteiger charge is 2.35. The van der Waals surface area contributed by atoms with E-state index in [1.807, 2.05) is 13.1 Å². The van der Waals surface area contributed by atoms with Crippen molar-refractivity contribution in [1.29, 1.82) is 0 Å². The molecule has 0 radical (unpaired) electrons. The predicted octanol–water partition coefficient (Wildman–Crippen LogP) is 2.94. The Labute approximate surface area is 163 Å². The maximum absolute atomic E-state index is 13.0. The quantitative estimate of drug-likeness (QED) is 0.793. The van der Waals surface area contributed by atoms with Crippen molar-refractivity contribution >= 4 is 5.78 Å². The molecule has 28 heavy (non-hydrogen) atoms. The molecule has 0 amide bonds. The maximum atomic E-state index is 13.0. The van der Waals surface area contributed by atoms with E-state index in [0.717, 1.165) is 24.1 Å². The number of Topliss-reactive ketones (excluding diaryl/α,β-unsaturated/α-hetero) is 1.